The number of ether oxygens (including phenoxy) is 1. The number of thioether (sulfide) groups is 1. The first-order valence-corrected chi connectivity index (χ1v) is 13.0. The van der Waals surface area contributed by atoms with E-state index in [2.05, 4.69) is 21.2 Å². The highest BCUT2D eigenvalue weighted by Crippen LogP contribution is 2.45. The highest BCUT2D eigenvalue weighted by molar-refractivity contribution is 8.14. The zero-order valence-corrected chi connectivity index (χ0v) is 21.2. The highest BCUT2D eigenvalue weighted by atomic mass is 32.2. The van der Waals surface area contributed by atoms with Gasteiger partial charge in [0.1, 0.15) is 17.1 Å². The van der Waals surface area contributed by atoms with E-state index < -0.39 is 17.2 Å². The van der Waals surface area contributed by atoms with Gasteiger partial charge >= 0.3 is 0 Å². The van der Waals surface area contributed by atoms with E-state index in [0.29, 0.717) is 40.6 Å². The van der Waals surface area contributed by atoms with E-state index in [0.717, 1.165) is 0 Å². The number of rotatable bonds is 8. The molecule has 1 fully saturated rings. The minimum absolute atomic E-state index is 0.0105. The minimum atomic E-state index is -0.877. The molecular weight excluding hydrogens is 506 g/mol. The minimum Gasteiger partial charge on any atom is -0.463 e. The van der Waals surface area contributed by atoms with Gasteiger partial charge in [-0.2, -0.15) is 0 Å². The van der Waals surface area contributed by atoms with E-state index in [4.69, 9.17) is 16.2 Å². The maximum atomic E-state index is 15.3. The molecule has 0 aliphatic carbocycles. The fourth-order valence-electron chi connectivity index (χ4n) is 4.67. The molecule has 9 heteroatoms. The van der Waals surface area contributed by atoms with E-state index in [1.54, 1.807) is 18.2 Å². The van der Waals surface area contributed by atoms with Crippen molar-refractivity contribution >= 4 is 34.5 Å². The Balaban J connectivity index is 1.44. The molecule has 0 spiro atoms. The van der Waals surface area contributed by atoms with Gasteiger partial charge in [-0.25, -0.2) is 18.7 Å². The number of nitrogens with one attached hydrogen (secondary N) is 1. The maximum Gasteiger partial charge on any atom is 0.233 e. The second-order valence-electron chi connectivity index (χ2n) is 9.00. The van der Waals surface area contributed by atoms with E-state index in [9.17, 15) is 4.79 Å². The van der Waals surface area contributed by atoms with Crippen LogP contribution < -0.4 is 10.1 Å². The lowest BCUT2D eigenvalue weighted by molar-refractivity contribution is 0.100. The molecule has 1 aromatic heterocycles. The van der Waals surface area contributed by atoms with Crippen LogP contribution in [0.4, 0.5) is 8.78 Å². The predicted molar refractivity (Wildman–Crippen MR) is 145 cm³/mol. The summed E-state index contributed by atoms with van der Waals surface area (Å²) in [7, 11) is 0. The first-order valence-electron chi connectivity index (χ1n) is 12.0. The third-order valence-electron chi connectivity index (χ3n) is 6.57. The van der Waals surface area contributed by atoms with Crippen LogP contribution in [-0.2, 0) is 5.54 Å². The molecule has 2 aromatic carbocycles. The lowest BCUT2D eigenvalue weighted by Crippen LogP contribution is -2.39. The normalized spacial score (nSPS) is 20.8. The molecule has 0 radical (unpaired) electrons. The molecule has 1 N–H and O–H groups in total. The number of hydrogen-bond donors (Lipinski definition) is 1. The smallest absolute Gasteiger partial charge is 0.233 e. The summed E-state index contributed by atoms with van der Waals surface area (Å²) >= 11 is 1.54. The number of benzene rings is 2. The van der Waals surface area contributed by atoms with Crippen LogP contribution in [-0.4, -0.2) is 46.2 Å². The number of terminal acetylenes is 1. The molecule has 38 heavy (non-hydrogen) atoms. The van der Waals surface area contributed by atoms with Gasteiger partial charge < -0.3 is 10.1 Å². The van der Waals surface area contributed by atoms with E-state index in [1.165, 1.54) is 42.4 Å². The van der Waals surface area contributed by atoms with Crippen molar-refractivity contribution in [3.8, 4) is 18.2 Å². The van der Waals surface area contributed by atoms with Gasteiger partial charge in [0.05, 0.1) is 23.9 Å². The summed E-state index contributed by atoms with van der Waals surface area (Å²) < 4.78 is 35.5. The van der Waals surface area contributed by atoms with Crippen LogP contribution in [0.15, 0.2) is 65.9 Å². The van der Waals surface area contributed by atoms with Crippen LogP contribution in [0.3, 0.4) is 0 Å². The van der Waals surface area contributed by atoms with E-state index >= 15 is 8.78 Å². The van der Waals surface area contributed by atoms with Crippen molar-refractivity contribution in [2.45, 2.75) is 12.0 Å². The number of carbonyl (C=O) groups excluding carboxylic acids is 1. The average molecular weight is 531 g/mol. The van der Waals surface area contributed by atoms with Crippen LogP contribution in [0.5, 0.6) is 5.88 Å². The quantitative estimate of drug-likeness (QED) is 0.329. The van der Waals surface area contributed by atoms with Gasteiger partial charge in [0, 0.05) is 35.9 Å². The largest absolute Gasteiger partial charge is 0.463 e. The Hall–Kier alpha value is -3.87. The fraction of sp³-hybridized carbons (Fsp3) is 0.241. The molecule has 2 aliphatic rings. The van der Waals surface area contributed by atoms with Gasteiger partial charge in [0.2, 0.25) is 5.88 Å². The third kappa shape index (κ3) is 5.37. The van der Waals surface area contributed by atoms with Gasteiger partial charge in [0.25, 0.3) is 0 Å². The van der Waals surface area contributed by atoms with Gasteiger partial charge in [-0.3, -0.25) is 9.79 Å². The zero-order valence-electron chi connectivity index (χ0n) is 20.4. The van der Waals surface area contributed by atoms with Crippen molar-refractivity contribution in [1.29, 1.82) is 0 Å². The summed E-state index contributed by atoms with van der Waals surface area (Å²) in [6, 6.07) is 13.5. The van der Waals surface area contributed by atoms with Crippen molar-refractivity contribution in [3.63, 3.8) is 0 Å². The number of nitrogens with zero attached hydrogens (tertiary/aromatic N) is 3. The van der Waals surface area contributed by atoms with E-state index in [1.807, 2.05) is 18.2 Å². The highest BCUT2D eigenvalue weighted by Gasteiger charge is 2.48. The zero-order chi connectivity index (χ0) is 26.5. The lowest BCUT2D eigenvalue weighted by Gasteiger charge is -2.36. The van der Waals surface area contributed by atoms with Crippen molar-refractivity contribution in [2.24, 2.45) is 10.9 Å². The number of Topliss-reactive ketones (excluding diaryl/α,β-unsaturated/α-hetero) is 1. The molecule has 2 aliphatic heterocycles. The molecule has 3 aromatic rings. The summed E-state index contributed by atoms with van der Waals surface area (Å²) in [5, 5.41) is 4.01. The predicted octanol–water partition coefficient (Wildman–Crippen LogP) is 4.93. The Morgan fingerprint density at radius 2 is 2.08 bits per heavy atom. The van der Waals surface area contributed by atoms with Crippen LogP contribution in [0.1, 0.15) is 33.6 Å². The number of aromatic nitrogens is 2. The van der Waals surface area contributed by atoms with Gasteiger partial charge in [-0.1, -0.05) is 42.3 Å². The Morgan fingerprint density at radius 3 is 2.84 bits per heavy atom. The molecule has 6 nitrogen and oxygen atoms in total. The summed E-state index contributed by atoms with van der Waals surface area (Å²) in [5.74, 6) is 2.16. The lowest BCUT2D eigenvalue weighted by atomic mass is 9.80. The standard InChI is InChI=1S/C29H24F2N4O2S/c1-2-10-37-27-16-33-25(15-34-27)24(31)12-19-8-9-23(30)22(11-19)29-18-32-14-21(29)17-38-28(35-29)13-26(36)20-6-4-3-5-7-20/h1,3-9,11-12,15-16,21,32H,10,13-14,17-18H2/b24-12-/t21-,29-/m0/s1. The average Bonchev–Trinajstić information content (AvgIpc) is 3.38. The topological polar surface area (TPSA) is 76.5 Å². The Labute approximate surface area is 223 Å². The number of aliphatic imine (C=N–C) groups is 1. The first-order chi connectivity index (χ1) is 18.5. The number of fused-ring (bicyclic) bond motifs is 1. The molecule has 1 saturated heterocycles. The second-order valence-corrected chi connectivity index (χ2v) is 10.1. The van der Waals surface area contributed by atoms with Crippen molar-refractivity contribution in [2.75, 3.05) is 25.4 Å². The first kappa shape index (κ1) is 25.8. The SMILES string of the molecule is C#CCOc1cnc(/C(F)=C/c2ccc(F)c([C@]34CNC[C@H]3CSC(CC(=O)c3ccccc3)=N4)c2)cn1. The molecule has 192 valence electrons. The molecule has 0 amide bonds. The molecule has 3 heterocycles. The Morgan fingerprint density at radius 1 is 1.24 bits per heavy atom. The van der Waals surface area contributed by atoms with Gasteiger partial charge in [-0.05, 0) is 23.8 Å². The van der Waals surface area contributed by atoms with Crippen LogP contribution in [0.2, 0.25) is 0 Å². The molecule has 0 unspecified atom stereocenters. The number of hydrogen-bond acceptors (Lipinski definition) is 7. The molecule has 0 saturated carbocycles. The van der Waals surface area contributed by atoms with Crippen LogP contribution >= 0.6 is 11.8 Å². The van der Waals surface area contributed by atoms with Crippen LogP contribution in [0.25, 0.3) is 11.9 Å². The molecular formula is C29H24F2N4O2S. The number of halogens is 2. The maximum absolute atomic E-state index is 15.3. The molecule has 2 atom stereocenters. The second kappa shape index (κ2) is 11.3. The van der Waals surface area contributed by atoms with Gasteiger partial charge in [0.15, 0.2) is 18.2 Å². The Bertz CT molecular complexity index is 1440. The number of ketones is 1. The van der Waals surface area contributed by atoms with Crippen molar-refractivity contribution in [3.05, 3.63) is 89.1 Å². The monoisotopic (exact) mass is 530 g/mol. The number of carbonyl (C=O) groups is 1. The Kier molecular flexibility index (Phi) is 7.63. The molecule has 5 rings (SSSR count). The summed E-state index contributed by atoms with van der Waals surface area (Å²) in [6.07, 6.45) is 9.12. The molecule has 0 bridgehead atoms. The fourth-order valence-corrected chi connectivity index (χ4v) is 5.92. The van der Waals surface area contributed by atoms with E-state index in [-0.39, 0.29) is 36.3 Å². The van der Waals surface area contributed by atoms with Crippen molar-refractivity contribution < 1.29 is 18.3 Å². The third-order valence-corrected chi connectivity index (χ3v) is 7.71. The van der Waals surface area contributed by atoms with Crippen LogP contribution in [0, 0.1) is 24.1 Å². The van der Waals surface area contributed by atoms with Crippen molar-refractivity contribution in [1.82, 2.24) is 15.3 Å². The summed E-state index contributed by atoms with van der Waals surface area (Å²) in [5.41, 5.74) is 0.588. The summed E-state index contributed by atoms with van der Waals surface area (Å²) in [6.45, 7) is 1.14. The summed E-state index contributed by atoms with van der Waals surface area (Å²) in [4.78, 5) is 25.8. The van der Waals surface area contributed by atoms with Gasteiger partial charge in [-0.15, -0.1) is 18.2 Å².